The number of fused-ring (bicyclic) bond motifs is 3. The maximum atomic E-state index is 13.4. The van der Waals surface area contributed by atoms with E-state index in [1.807, 2.05) is 18.4 Å². The Morgan fingerprint density at radius 1 is 1.21 bits per heavy atom. The van der Waals surface area contributed by atoms with Gasteiger partial charge in [-0.2, -0.15) is 4.39 Å². The number of hydrogen-bond acceptors (Lipinski definition) is 6. The second-order valence-corrected chi connectivity index (χ2v) is 7.33. The van der Waals surface area contributed by atoms with E-state index in [2.05, 4.69) is 25.4 Å². The van der Waals surface area contributed by atoms with Gasteiger partial charge in [-0.25, -0.2) is 4.98 Å². The number of carbonyl (C=O) groups excluding carboxylic acids is 2. The van der Waals surface area contributed by atoms with Crippen molar-refractivity contribution < 1.29 is 14.0 Å². The fourth-order valence-electron chi connectivity index (χ4n) is 3.74. The monoisotopic (exact) mass is 387 g/mol. The Bertz CT molecular complexity index is 913. The first-order valence-corrected chi connectivity index (χ1v) is 9.33. The summed E-state index contributed by atoms with van der Waals surface area (Å²) in [6.07, 6.45) is 1.29. The van der Waals surface area contributed by atoms with E-state index in [9.17, 15) is 14.0 Å². The highest BCUT2D eigenvalue weighted by Gasteiger charge is 2.38. The number of hydrogen-bond donors (Lipinski definition) is 1. The Morgan fingerprint density at radius 3 is 2.75 bits per heavy atom. The highest BCUT2D eigenvalue weighted by atomic mass is 19.1. The summed E-state index contributed by atoms with van der Waals surface area (Å²) < 4.78 is 15.2. The average Bonchev–Trinajstić information content (AvgIpc) is 3.11. The van der Waals surface area contributed by atoms with Crippen molar-refractivity contribution in [3.8, 4) is 0 Å². The zero-order chi connectivity index (χ0) is 19.8. The highest BCUT2D eigenvalue weighted by Crippen LogP contribution is 2.29. The van der Waals surface area contributed by atoms with Crippen molar-refractivity contribution in [2.24, 2.45) is 0 Å². The average molecular weight is 387 g/mol. The first kappa shape index (κ1) is 18.5. The van der Waals surface area contributed by atoms with Crippen molar-refractivity contribution >= 4 is 11.8 Å². The van der Waals surface area contributed by atoms with Crippen LogP contribution in [0.2, 0.25) is 0 Å². The number of carbonyl (C=O) groups is 2. The maximum absolute atomic E-state index is 13.4. The molecule has 1 N–H and O–H groups in total. The molecular weight excluding hydrogens is 365 g/mol. The van der Waals surface area contributed by atoms with E-state index in [0.717, 1.165) is 12.6 Å². The second-order valence-electron chi connectivity index (χ2n) is 7.33. The number of nitrogens with one attached hydrogen (secondary N) is 1. The van der Waals surface area contributed by atoms with Gasteiger partial charge in [-0.1, -0.05) is 0 Å². The van der Waals surface area contributed by atoms with Crippen LogP contribution < -0.4 is 5.32 Å². The molecule has 2 aromatic heterocycles. The van der Waals surface area contributed by atoms with Crippen LogP contribution in [-0.4, -0.2) is 73.6 Å². The van der Waals surface area contributed by atoms with Gasteiger partial charge in [0, 0.05) is 56.6 Å². The predicted octanol–water partition coefficient (Wildman–Crippen LogP) is 0.463. The summed E-state index contributed by atoms with van der Waals surface area (Å²) in [6, 6.07) is 2.51. The van der Waals surface area contributed by atoms with Gasteiger partial charge in [-0.3, -0.25) is 14.5 Å². The molecule has 28 heavy (non-hydrogen) atoms. The van der Waals surface area contributed by atoms with Crippen LogP contribution in [0.5, 0.6) is 0 Å². The first-order valence-electron chi connectivity index (χ1n) is 9.33. The van der Waals surface area contributed by atoms with Crippen LogP contribution in [-0.2, 0) is 6.54 Å². The largest absolute Gasteiger partial charge is 0.347 e. The van der Waals surface area contributed by atoms with E-state index in [1.54, 1.807) is 4.90 Å². The molecule has 9 nitrogen and oxygen atoms in total. The molecule has 0 radical (unpaired) electrons. The summed E-state index contributed by atoms with van der Waals surface area (Å²) in [6.45, 7) is 6.80. The minimum Gasteiger partial charge on any atom is -0.347 e. The summed E-state index contributed by atoms with van der Waals surface area (Å²) in [7, 11) is 0. The van der Waals surface area contributed by atoms with Gasteiger partial charge >= 0.3 is 0 Å². The summed E-state index contributed by atoms with van der Waals surface area (Å²) in [5.41, 5.74) is 0.273. The lowest BCUT2D eigenvalue weighted by atomic mass is 10.1. The lowest BCUT2D eigenvalue weighted by molar-refractivity contribution is 0.0372. The molecule has 2 aromatic rings. The number of amides is 2. The topological polar surface area (TPSA) is 96.3 Å². The fraction of sp³-hybridized carbons (Fsp3) is 0.500. The third-order valence-electron chi connectivity index (χ3n) is 5.06. The fourth-order valence-corrected chi connectivity index (χ4v) is 3.74. The molecule has 2 aliphatic heterocycles. The summed E-state index contributed by atoms with van der Waals surface area (Å²) in [4.78, 5) is 32.6. The normalized spacial score (nSPS) is 19.3. The molecular formula is C18H22FN7O2. The van der Waals surface area contributed by atoms with Gasteiger partial charge in [0.15, 0.2) is 5.82 Å². The molecule has 2 amide bonds. The zero-order valence-electron chi connectivity index (χ0n) is 15.8. The molecule has 4 heterocycles. The number of aromatic nitrogens is 4. The Hall–Kier alpha value is -2.88. The van der Waals surface area contributed by atoms with Crippen LogP contribution >= 0.6 is 0 Å². The van der Waals surface area contributed by atoms with Crippen LogP contribution in [0.25, 0.3) is 0 Å². The third-order valence-corrected chi connectivity index (χ3v) is 5.06. The SMILES string of the molecule is CC(C)NC(=O)c1nnc2n1CCN1CCN(C(=O)c3ccnc(F)c3)C[C@@H]21. The van der Waals surface area contributed by atoms with E-state index >= 15 is 0 Å². The van der Waals surface area contributed by atoms with E-state index in [1.165, 1.54) is 12.3 Å². The van der Waals surface area contributed by atoms with Gasteiger partial charge in [0.1, 0.15) is 0 Å². The van der Waals surface area contributed by atoms with Crippen LogP contribution in [0.1, 0.15) is 46.7 Å². The molecule has 0 unspecified atom stereocenters. The predicted molar refractivity (Wildman–Crippen MR) is 97.0 cm³/mol. The molecule has 0 aromatic carbocycles. The quantitative estimate of drug-likeness (QED) is 0.769. The van der Waals surface area contributed by atoms with Crippen molar-refractivity contribution in [1.82, 2.24) is 34.9 Å². The second kappa shape index (κ2) is 7.27. The van der Waals surface area contributed by atoms with Crippen molar-refractivity contribution in [2.75, 3.05) is 26.2 Å². The number of piperazine rings is 1. The van der Waals surface area contributed by atoms with Gasteiger partial charge in [-0.15, -0.1) is 10.2 Å². The third kappa shape index (κ3) is 3.35. The molecule has 0 aliphatic carbocycles. The smallest absolute Gasteiger partial charge is 0.289 e. The molecule has 0 bridgehead atoms. The summed E-state index contributed by atoms with van der Waals surface area (Å²) in [5, 5.41) is 11.2. The van der Waals surface area contributed by atoms with Gasteiger partial charge < -0.3 is 14.8 Å². The molecule has 4 rings (SSSR count). The van der Waals surface area contributed by atoms with Crippen LogP contribution in [0, 0.1) is 5.95 Å². The molecule has 10 heteroatoms. The lowest BCUT2D eigenvalue weighted by Crippen LogP contribution is -2.53. The number of rotatable bonds is 3. The Kier molecular flexibility index (Phi) is 4.80. The van der Waals surface area contributed by atoms with E-state index in [4.69, 9.17) is 0 Å². The number of nitrogens with zero attached hydrogens (tertiary/aromatic N) is 6. The van der Waals surface area contributed by atoms with Crippen molar-refractivity contribution in [3.05, 3.63) is 41.5 Å². The molecule has 148 valence electrons. The number of pyridine rings is 1. The number of halogens is 1. The molecule has 0 saturated carbocycles. The highest BCUT2D eigenvalue weighted by molar-refractivity contribution is 5.94. The molecule has 2 aliphatic rings. The van der Waals surface area contributed by atoms with Crippen molar-refractivity contribution in [3.63, 3.8) is 0 Å². The van der Waals surface area contributed by atoms with Crippen molar-refractivity contribution in [2.45, 2.75) is 32.5 Å². The first-order chi connectivity index (χ1) is 13.4. The Labute approximate surface area is 161 Å². The van der Waals surface area contributed by atoms with Crippen LogP contribution in [0.15, 0.2) is 18.3 Å². The summed E-state index contributed by atoms with van der Waals surface area (Å²) >= 11 is 0. The maximum Gasteiger partial charge on any atom is 0.289 e. The zero-order valence-corrected chi connectivity index (χ0v) is 15.8. The van der Waals surface area contributed by atoms with Gasteiger partial charge in [0.2, 0.25) is 11.8 Å². The van der Waals surface area contributed by atoms with E-state index in [0.29, 0.717) is 37.8 Å². The van der Waals surface area contributed by atoms with E-state index < -0.39 is 5.95 Å². The Morgan fingerprint density at radius 2 is 2.00 bits per heavy atom. The van der Waals surface area contributed by atoms with Crippen LogP contribution in [0.3, 0.4) is 0 Å². The molecule has 1 saturated heterocycles. The standard InChI is InChI=1S/C18H22FN7O2/c1-11(2)21-17(27)16-23-22-15-13-10-25(6-5-24(13)7-8-26(15)16)18(28)12-3-4-20-14(19)9-12/h3-4,9,11,13H,5-8,10H2,1-2H3,(H,21,27)/t13-/m0/s1. The minimum absolute atomic E-state index is 0.00379. The van der Waals surface area contributed by atoms with E-state index in [-0.39, 0.29) is 29.5 Å². The molecule has 0 spiro atoms. The van der Waals surface area contributed by atoms with Crippen LogP contribution in [0.4, 0.5) is 4.39 Å². The minimum atomic E-state index is -0.678. The molecule has 1 fully saturated rings. The summed E-state index contributed by atoms with van der Waals surface area (Å²) in [5.74, 6) is -0.196. The van der Waals surface area contributed by atoms with Gasteiger partial charge in [0.25, 0.3) is 11.8 Å². The Balaban J connectivity index is 1.56. The van der Waals surface area contributed by atoms with Gasteiger partial charge in [-0.05, 0) is 19.9 Å². The lowest BCUT2D eigenvalue weighted by Gasteiger charge is -2.43. The van der Waals surface area contributed by atoms with Crippen molar-refractivity contribution in [1.29, 1.82) is 0 Å². The molecule has 1 atom stereocenters. The van der Waals surface area contributed by atoms with Gasteiger partial charge in [0.05, 0.1) is 6.04 Å².